The van der Waals surface area contributed by atoms with Gasteiger partial charge in [-0.3, -0.25) is 9.59 Å². The predicted octanol–water partition coefficient (Wildman–Crippen LogP) is -0.988. The monoisotopic (exact) mass is 453 g/mol. The van der Waals surface area contributed by atoms with Crippen molar-refractivity contribution in [2.75, 3.05) is 24.4 Å². The van der Waals surface area contributed by atoms with Gasteiger partial charge in [-0.05, 0) is 22.4 Å². The summed E-state index contributed by atoms with van der Waals surface area (Å²) in [7, 11) is 2.97. The summed E-state index contributed by atoms with van der Waals surface area (Å²) in [5.41, 5.74) is -1.07. The first-order chi connectivity index (χ1) is 14.4. The number of nitrogens with zero attached hydrogens (tertiary/aromatic N) is 6. The molecule has 12 nitrogen and oxygen atoms in total. The molecule has 0 aliphatic carbocycles. The van der Waals surface area contributed by atoms with E-state index in [4.69, 9.17) is 10.00 Å². The lowest BCUT2D eigenvalue weighted by atomic mass is 9.80. The third-order valence-electron chi connectivity index (χ3n) is 4.82. The molecule has 2 aliphatic rings. The fourth-order valence-corrected chi connectivity index (χ4v) is 4.83. The van der Waals surface area contributed by atoms with E-state index >= 15 is 0 Å². The van der Waals surface area contributed by atoms with E-state index in [1.165, 1.54) is 28.5 Å². The molecule has 1 saturated heterocycles. The molecule has 0 aromatic carbocycles. The lowest BCUT2D eigenvalue weighted by Crippen LogP contribution is -2.84. The van der Waals surface area contributed by atoms with Crippen LogP contribution in [0.15, 0.2) is 16.8 Å². The molecular weight excluding hydrogens is 434 g/mol. The lowest BCUT2D eigenvalue weighted by molar-refractivity contribution is -0.214. The molecule has 0 radical (unpaired) electrons. The second kappa shape index (κ2) is 9.02. The van der Waals surface area contributed by atoms with Crippen LogP contribution in [0.2, 0.25) is 0 Å². The van der Waals surface area contributed by atoms with E-state index in [2.05, 4.69) is 20.8 Å². The molecule has 1 fully saturated rings. The summed E-state index contributed by atoms with van der Waals surface area (Å²) >= 11 is 2.37. The van der Waals surface area contributed by atoms with Crippen LogP contribution in [-0.2, 0) is 26.2 Å². The molecule has 30 heavy (non-hydrogen) atoms. The molecule has 0 spiro atoms. The number of hydrogen-bond acceptors (Lipinski definition) is 10. The van der Waals surface area contributed by atoms with Gasteiger partial charge in [0.1, 0.15) is 0 Å². The minimum Gasteiger partial charge on any atom is -0.479 e. The number of carbonyl (C=O) groups is 3. The molecule has 160 valence electrons. The maximum absolute atomic E-state index is 13.0. The van der Waals surface area contributed by atoms with Gasteiger partial charge in [0.25, 0.3) is 5.91 Å². The zero-order chi connectivity index (χ0) is 21.9. The largest absolute Gasteiger partial charge is 0.479 e. The van der Waals surface area contributed by atoms with E-state index in [1.54, 1.807) is 13.1 Å². The molecule has 2 amide bonds. The summed E-state index contributed by atoms with van der Waals surface area (Å²) in [5, 5.41) is 32.6. The van der Waals surface area contributed by atoms with Gasteiger partial charge in [-0.1, -0.05) is 17.8 Å². The van der Waals surface area contributed by atoms with Crippen LogP contribution < -0.4 is 5.32 Å². The van der Waals surface area contributed by atoms with Crippen molar-refractivity contribution >= 4 is 41.3 Å². The number of carbonyl (C=O) groups excluding carboxylic acids is 2. The third kappa shape index (κ3) is 3.87. The van der Waals surface area contributed by atoms with Crippen LogP contribution in [0.4, 0.5) is 0 Å². The maximum atomic E-state index is 13.0. The molecule has 0 saturated carbocycles. The first-order valence-electron chi connectivity index (χ1n) is 8.76. The second-order valence-electron chi connectivity index (χ2n) is 6.50. The van der Waals surface area contributed by atoms with Gasteiger partial charge >= 0.3 is 5.97 Å². The first kappa shape index (κ1) is 22.1. The number of ether oxygens (including phenoxy) is 1. The highest BCUT2D eigenvalue weighted by molar-refractivity contribution is 8.00. The van der Waals surface area contributed by atoms with Crippen LogP contribution in [0, 0.1) is 11.3 Å². The molecule has 1 aromatic rings. The van der Waals surface area contributed by atoms with Crippen molar-refractivity contribution in [1.29, 1.82) is 5.26 Å². The highest BCUT2D eigenvalue weighted by Crippen LogP contribution is 2.42. The molecule has 1 unspecified atom stereocenters. The van der Waals surface area contributed by atoms with Gasteiger partial charge in [0.15, 0.2) is 6.04 Å². The fraction of sp³-hybridized carbons (Fsp3) is 0.562. The van der Waals surface area contributed by atoms with Crippen LogP contribution in [0.3, 0.4) is 0 Å². The van der Waals surface area contributed by atoms with Crippen molar-refractivity contribution in [2.24, 2.45) is 7.05 Å². The van der Waals surface area contributed by atoms with Crippen LogP contribution >= 0.6 is 23.5 Å². The number of aliphatic carboxylic acids is 1. The Labute approximate surface area is 180 Å². The van der Waals surface area contributed by atoms with Crippen molar-refractivity contribution in [3.63, 3.8) is 0 Å². The number of aromatic nitrogens is 4. The Balaban J connectivity index is 1.76. The summed E-state index contributed by atoms with van der Waals surface area (Å²) in [6, 6.07) is 0.103. The average molecular weight is 454 g/mol. The smallest absolute Gasteiger partial charge is 0.330 e. The van der Waals surface area contributed by atoms with Crippen molar-refractivity contribution in [1.82, 2.24) is 30.4 Å². The number of carboxylic acid groups (broad SMARTS) is 1. The van der Waals surface area contributed by atoms with Crippen LogP contribution in [0.5, 0.6) is 0 Å². The fourth-order valence-electron chi connectivity index (χ4n) is 3.49. The minimum absolute atomic E-state index is 0.00943. The number of thioether (sulfide) groups is 2. The predicted molar refractivity (Wildman–Crippen MR) is 105 cm³/mol. The highest BCUT2D eigenvalue weighted by atomic mass is 32.2. The Morgan fingerprint density at radius 3 is 2.90 bits per heavy atom. The van der Waals surface area contributed by atoms with Gasteiger partial charge in [0.05, 0.1) is 23.6 Å². The molecular formula is C16H19N7O5S2. The number of amides is 2. The second-order valence-corrected chi connectivity index (χ2v) is 8.42. The molecule has 3 heterocycles. The van der Waals surface area contributed by atoms with Gasteiger partial charge in [-0.15, -0.1) is 16.9 Å². The number of rotatable bonds is 9. The first-order valence-corrected chi connectivity index (χ1v) is 10.9. The number of hydrogen-bond donors (Lipinski definition) is 2. The third-order valence-corrected chi connectivity index (χ3v) is 6.70. The average Bonchev–Trinajstić information content (AvgIpc) is 3.14. The van der Waals surface area contributed by atoms with Crippen LogP contribution in [0.25, 0.3) is 0 Å². The standard InChI is InChI=1S/C16H19N7O5S2/c1-22-15(19-20-21-22)30-7-9-3-4-10-16(28-2,18-11(24)8-29-6-5-17)14(27)23(10)12(9)13(25)26/h3,10,12H,4,6-8H2,1-2H3,(H,18,24)(H,25,26)/t10-,12?,16-/m1/s1. The number of nitriles is 1. The van der Waals surface area contributed by atoms with E-state index in [1.807, 2.05) is 6.07 Å². The van der Waals surface area contributed by atoms with Gasteiger partial charge in [-0.2, -0.15) is 5.26 Å². The van der Waals surface area contributed by atoms with E-state index in [0.717, 1.165) is 11.8 Å². The minimum atomic E-state index is -1.61. The number of β-lactam (4-membered cyclic amide) rings is 1. The normalized spacial score (nSPS) is 25.0. The summed E-state index contributed by atoms with van der Waals surface area (Å²) < 4.78 is 6.85. The number of fused-ring (bicyclic) bond motifs is 1. The Hall–Kier alpha value is -2.63. The SMILES string of the molecule is CO[C@@]1(NC(=O)CSCC#N)C(=O)N2C(C(=O)O)C(CSc3nnnn3C)=CC[C@@H]21. The summed E-state index contributed by atoms with van der Waals surface area (Å²) in [6.07, 6.45) is 2.08. The Kier molecular flexibility index (Phi) is 6.64. The van der Waals surface area contributed by atoms with Gasteiger partial charge in [0, 0.05) is 19.9 Å². The maximum Gasteiger partial charge on any atom is 0.330 e. The van der Waals surface area contributed by atoms with Gasteiger partial charge in [0.2, 0.25) is 16.8 Å². The van der Waals surface area contributed by atoms with Gasteiger partial charge < -0.3 is 20.1 Å². The Bertz CT molecular complexity index is 929. The van der Waals surface area contributed by atoms with Crippen molar-refractivity contribution in [2.45, 2.75) is 29.4 Å². The van der Waals surface area contributed by atoms with Crippen molar-refractivity contribution < 1.29 is 24.2 Å². The quantitative estimate of drug-likeness (QED) is 0.155. The van der Waals surface area contributed by atoms with E-state index in [-0.39, 0.29) is 11.5 Å². The number of aryl methyl sites for hydroxylation is 1. The topological polar surface area (TPSA) is 163 Å². The molecule has 2 aliphatic heterocycles. The molecule has 14 heteroatoms. The zero-order valence-electron chi connectivity index (χ0n) is 16.1. The van der Waals surface area contributed by atoms with E-state index < -0.39 is 35.6 Å². The van der Waals surface area contributed by atoms with E-state index in [9.17, 15) is 19.5 Å². The zero-order valence-corrected chi connectivity index (χ0v) is 17.8. The summed E-state index contributed by atoms with van der Waals surface area (Å²) in [5.74, 6) is -1.82. The summed E-state index contributed by atoms with van der Waals surface area (Å²) in [6.45, 7) is 0. The lowest BCUT2D eigenvalue weighted by Gasteiger charge is -2.58. The van der Waals surface area contributed by atoms with Crippen molar-refractivity contribution in [3.8, 4) is 6.07 Å². The Morgan fingerprint density at radius 2 is 2.30 bits per heavy atom. The van der Waals surface area contributed by atoms with Crippen molar-refractivity contribution in [3.05, 3.63) is 11.6 Å². The molecule has 0 bridgehead atoms. The van der Waals surface area contributed by atoms with Crippen LogP contribution in [-0.4, -0.2) is 90.2 Å². The number of carboxylic acids is 1. The highest BCUT2D eigenvalue weighted by Gasteiger charge is 2.66. The summed E-state index contributed by atoms with van der Waals surface area (Å²) in [4.78, 5) is 38.4. The number of nitrogens with one attached hydrogen (secondary N) is 1. The molecule has 1 aromatic heterocycles. The molecule has 2 N–H and O–H groups in total. The molecule has 3 rings (SSSR count). The molecule has 3 atom stereocenters. The number of tetrazole rings is 1. The number of methoxy groups -OCH3 is 1. The van der Waals surface area contributed by atoms with Gasteiger partial charge in [-0.25, -0.2) is 9.48 Å². The van der Waals surface area contributed by atoms with Crippen LogP contribution in [0.1, 0.15) is 6.42 Å². The Morgan fingerprint density at radius 1 is 1.53 bits per heavy atom. The van der Waals surface area contributed by atoms with E-state index in [0.29, 0.717) is 22.9 Å².